The molecule has 87 heavy (non-hydrogen) atoms. The molecule has 0 radical (unpaired) electrons. The van der Waals surface area contributed by atoms with Gasteiger partial charge in [0.25, 0.3) is 26.0 Å². The number of aromatic carboxylic acids is 1. The van der Waals surface area contributed by atoms with Crippen molar-refractivity contribution >= 4 is 100 Å². The number of carboxylic acids is 1. The molecule has 0 bridgehead atoms. The van der Waals surface area contributed by atoms with Gasteiger partial charge in [0.05, 0.1) is 99.3 Å². The number of para-hydroxylation sites is 2. The monoisotopic (exact) mass is 1260 g/mol. The molecule has 28 heteroatoms. The maximum absolute atomic E-state index is 13.6. The average Bonchev–Trinajstić information content (AvgIpc) is 1.71. The number of nitrogen functional groups attached to an aromatic ring is 2. The van der Waals surface area contributed by atoms with Crippen molar-refractivity contribution in [2.24, 2.45) is 5.73 Å². The maximum Gasteiger partial charge on any atom is 0.373 e. The van der Waals surface area contributed by atoms with Gasteiger partial charge in [-0.05, 0) is 87.8 Å². The van der Waals surface area contributed by atoms with Crippen LogP contribution in [0.1, 0.15) is 74.0 Å². The number of anilines is 4. The summed E-state index contributed by atoms with van der Waals surface area (Å²) in [5.41, 5.74) is 20.8. The van der Waals surface area contributed by atoms with E-state index < -0.39 is 33.2 Å². The molecule has 2 fully saturated rings. The summed E-state index contributed by atoms with van der Waals surface area (Å²) in [6.07, 6.45) is 18.6. The Labute approximate surface area is 511 Å². The molecule has 2 aliphatic rings. The molecule has 2 saturated carbocycles. The van der Waals surface area contributed by atoms with Gasteiger partial charge in [0, 0.05) is 58.5 Å². The van der Waals surface area contributed by atoms with Gasteiger partial charge in [-0.2, -0.15) is 0 Å². The molecule has 6 aromatic heterocycles. The highest BCUT2D eigenvalue weighted by Gasteiger charge is 2.29. The van der Waals surface area contributed by atoms with Crippen LogP contribution in [0.15, 0.2) is 169 Å². The molecule has 0 spiro atoms. The molecule has 4 aromatic carbocycles. The number of hydrogen-bond acceptors (Lipinski definition) is 19. The molecule has 6 heterocycles. The first kappa shape index (κ1) is 60.9. The van der Waals surface area contributed by atoms with Crippen molar-refractivity contribution in [1.82, 2.24) is 53.1 Å². The number of carbonyl (C=O) groups excluding carboxylic acids is 1. The van der Waals surface area contributed by atoms with Gasteiger partial charge < -0.3 is 38.3 Å². The first-order valence-electron chi connectivity index (χ1n) is 27.8. The highest BCUT2D eigenvalue weighted by molar-refractivity contribution is 7.90. The molecular weight excluding hydrogens is 1200 g/mol. The minimum absolute atomic E-state index is 0.00906. The van der Waals surface area contributed by atoms with E-state index in [0.29, 0.717) is 73.6 Å². The SMILES string of the molecule is N[C@H]1CCC[C@@H](Nc2ncc(Cl)c(-c3cn(S(=O)(=O)c4ccccc4)c4ccccc34)n2)C1.Nc1cnc(C(=O)N[C@H]2CCC[C@@H](Nc3ncc(Cl)c(-c4cn(S(=O)(=O)c5ccccc5)c5ccccc45)n3)C2)nc1.Nc1cnc(C(=O)O)nc1.[2H]CF. The number of carboxylic acid groups (broad SMARTS) is 1. The van der Waals surface area contributed by atoms with Crippen LogP contribution in [-0.4, -0.2) is 113 Å². The summed E-state index contributed by atoms with van der Waals surface area (Å²) in [6, 6.07) is 31.4. The van der Waals surface area contributed by atoms with E-state index in [-0.39, 0.29) is 56.5 Å². The number of nitrogens with two attached hydrogens (primary N) is 3. The third-order valence-corrected chi connectivity index (χ3v) is 18.0. The van der Waals surface area contributed by atoms with E-state index in [9.17, 15) is 30.8 Å². The van der Waals surface area contributed by atoms with Crippen molar-refractivity contribution in [1.29, 1.82) is 0 Å². The van der Waals surface area contributed by atoms with Crippen molar-refractivity contribution in [3.63, 3.8) is 0 Å². The largest absolute Gasteiger partial charge is 0.475 e. The van der Waals surface area contributed by atoms with Gasteiger partial charge in [0.15, 0.2) is 0 Å². The fraction of sp³-hybridized carbons (Fsp3) is 0.220. The molecule has 450 valence electrons. The molecule has 1 amide bonds. The third kappa shape index (κ3) is 14.7. The van der Waals surface area contributed by atoms with E-state index in [0.717, 1.165) is 50.3 Å². The minimum atomic E-state index is -3.87. The lowest BCUT2D eigenvalue weighted by Gasteiger charge is -2.30. The van der Waals surface area contributed by atoms with E-state index in [2.05, 4.69) is 50.8 Å². The molecule has 4 atom stereocenters. The Bertz CT molecular complexity index is 4300. The predicted molar refractivity (Wildman–Crippen MR) is 332 cm³/mol. The van der Waals surface area contributed by atoms with Gasteiger partial charge in [-0.1, -0.05) is 96.0 Å². The first-order valence-corrected chi connectivity index (χ1v) is 30.7. The number of benzene rings is 4. The van der Waals surface area contributed by atoms with Crippen LogP contribution in [0.4, 0.5) is 27.7 Å². The second-order valence-corrected chi connectivity index (χ2v) is 24.5. The van der Waals surface area contributed by atoms with Gasteiger partial charge >= 0.3 is 5.97 Å². The van der Waals surface area contributed by atoms with Crippen LogP contribution < -0.4 is 33.2 Å². The molecule has 10 N–H and O–H groups in total. The number of alkyl halides is 1. The quantitative estimate of drug-likeness (QED) is 0.0564. The smallest absolute Gasteiger partial charge is 0.373 e. The average molecular weight is 1260 g/mol. The summed E-state index contributed by atoms with van der Waals surface area (Å²) >= 11 is 13.1. The Kier molecular flexibility index (Phi) is 19.5. The summed E-state index contributed by atoms with van der Waals surface area (Å²) in [6.45, 7) is 0. The molecule has 12 rings (SSSR count). The number of nitrogens with zero attached hydrogens (tertiary/aromatic N) is 10. The summed E-state index contributed by atoms with van der Waals surface area (Å²) in [5.74, 6) is -0.868. The number of fused-ring (bicyclic) bond motifs is 2. The Balaban J connectivity index is 0.000000177. The second-order valence-electron chi connectivity index (χ2n) is 20.1. The molecule has 0 unspecified atom stereocenters. The highest BCUT2D eigenvalue weighted by atomic mass is 35.5. The molecule has 10 aromatic rings. The summed E-state index contributed by atoms with van der Waals surface area (Å²) < 4.78 is 72.0. The van der Waals surface area contributed by atoms with Crippen LogP contribution in [0.25, 0.3) is 44.3 Å². The Morgan fingerprint density at radius 1 is 0.586 bits per heavy atom. The topological polar surface area (TPSA) is 350 Å². The van der Waals surface area contributed by atoms with Crippen molar-refractivity contribution < 1.29 is 37.3 Å². The Morgan fingerprint density at radius 3 is 1.44 bits per heavy atom. The fourth-order valence-electron chi connectivity index (χ4n) is 10.1. The summed E-state index contributed by atoms with van der Waals surface area (Å²) in [5, 5.41) is 20.1. The van der Waals surface area contributed by atoms with Gasteiger partial charge in [0.1, 0.15) is 0 Å². The van der Waals surface area contributed by atoms with E-state index >= 15 is 0 Å². The fourth-order valence-corrected chi connectivity index (χ4v) is 13.2. The predicted octanol–water partition coefficient (Wildman–Crippen LogP) is 9.53. The van der Waals surface area contributed by atoms with E-state index in [1.54, 1.807) is 97.5 Å². The van der Waals surface area contributed by atoms with Gasteiger partial charge in [-0.15, -0.1) is 0 Å². The summed E-state index contributed by atoms with van der Waals surface area (Å²) in [4.78, 5) is 56.2. The molecular formula is C59H59Cl2FN16O7S2. The van der Waals surface area contributed by atoms with Gasteiger partial charge in [0.2, 0.25) is 23.5 Å². The lowest BCUT2D eigenvalue weighted by atomic mass is 9.91. The Hall–Kier alpha value is -9.21. The molecule has 0 saturated heterocycles. The lowest BCUT2D eigenvalue weighted by Crippen LogP contribution is -2.42. The van der Waals surface area contributed by atoms with Crippen LogP contribution in [0.3, 0.4) is 0 Å². The van der Waals surface area contributed by atoms with E-state index in [1.807, 2.05) is 30.3 Å². The summed E-state index contributed by atoms with van der Waals surface area (Å²) in [7, 11) is -8.68. The zero-order valence-corrected chi connectivity index (χ0v) is 49.4. The molecule has 0 aliphatic heterocycles. The van der Waals surface area contributed by atoms with Crippen LogP contribution in [0.2, 0.25) is 10.0 Å². The normalized spacial score (nSPS) is 16.8. The number of carbonyl (C=O) groups is 2. The van der Waals surface area contributed by atoms with Crippen LogP contribution in [0, 0.1) is 0 Å². The standard InChI is InChI=1S/C29H27ClN8O3S.C24H24ClN5O2S.C5H5N3O2.CH3F/c30-24-16-34-29(36-20-8-6-7-19(13-20)35-28(39)27-32-14-18(31)15-33-27)37-26(24)23-17-38(25-12-5-4-11-22(23)25)42(40,41)21-9-2-1-3-10-21;25-21-14-27-24(28-17-8-6-7-16(26)13-17)29-23(21)20-15-30(22-12-5-4-11-19(20)22)33(31,32)18-9-2-1-3-10-18;6-3-1-7-4(5(9)10)8-2-3;1-2/h1-5,9-12,14-17,19-20H,6-8,13,31H2,(H,35,39)(H,34,36,37);1-5,9-12,14-17H,6-8,13,26H2,(H,27,28,29);1-2H,6H2,(H,9,10);1H3/t19-,20+;16-,17+;;/m00../s1/i;;;1D. The highest BCUT2D eigenvalue weighted by Crippen LogP contribution is 2.38. The number of amides is 1. The lowest BCUT2D eigenvalue weighted by molar-refractivity contribution is 0.0683. The van der Waals surface area contributed by atoms with Crippen LogP contribution in [0.5, 0.6) is 0 Å². The number of aromatic nitrogens is 10. The van der Waals surface area contributed by atoms with Crippen molar-refractivity contribution in [3.05, 3.63) is 180 Å². The number of nitrogens with one attached hydrogen (secondary N) is 3. The van der Waals surface area contributed by atoms with Crippen LogP contribution >= 0.6 is 23.2 Å². The van der Waals surface area contributed by atoms with Crippen molar-refractivity contribution in [2.75, 3.05) is 29.3 Å². The Morgan fingerprint density at radius 2 is 0.989 bits per heavy atom. The second kappa shape index (κ2) is 27.9. The van der Waals surface area contributed by atoms with Crippen molar-refractivity contribution in [3.8, 4) is 22.5 Å². The van der Waals surface area contributed by atoms with Crippen molar-refractivity contribution in [2.45, 2.75) is 85.3 Å². The van der Waals surface area contributed by atoms with Gasteiger partial charge in [-0.25, -0.2) is 69.4 Å². The maximum atomic E-state index is 13.6. The number of rotatable bonds is 13. The van der Waals surface area contributed by atoms with E-state index in [1.165, 1.54) is 38.9 Å². The van der Waals surface area contributed by atoms with Gasteiger partial charge in [-0.3, -0.25) is 9.18 Å². The van der Waals surface area contributed by atoms with E-state index in [4.69, 9.17) is 51.9 Å². The zero-order valence-electron chi connectivity index (χ0n) is 47.2. The van der Waals surface area contributed by atoms with Crippen LogP contribution in [-0.2, 0) is 20.0 Å². The molecule has 23 nitrogen and oxygen atoms in total. The zero-order chi connectivity index (χ0) is 62.5. The number of hydrogen-bond donors (Lipinski definition) is 7. The first-order chi connectivity index (χ1) is 42.3. The third-order valence-electron chi connectivity index (χ3n) is 14.1. The number of halogens is 3. The minimum Gasteiger partial charge on any atom is -0.475 e. The molecule has 2 aliphatic carbocycles.